The van der Waals surface area contributed by atoms with Crippen LogP contribution in [0.25, 0.3) is 10.9 Å². The molecule has 1 atom stereocenters. The van der Waals surface area contributed by atoms with Crippen LogP contribution in [0.3, 0.4) is 0 Å². The molecule has 0 radical (unpaired) electrons. The number of aromatic nitrogens is 3. The van der Waals surface area contributed by atoms with Crippen molar-refractivity contribution in [2.45, 2.75) is 25.8 Å². The van der Waals surface area contributed by atoms with E-state index in [9.17, 15) is 0 Å². The zero-order valence-electron chi connectivity index (χ0n) is 11.7. The molecule has 108 valence electrons. The van der Waals surface area contributed by atoms with Gasteiger partial charge in [0, 0.05) is 27.5 Å². The maximum absolute atomic E-state index is 6.31. The molecule has 21 heavy (non-hydrogen) atoms. The predicted octanol–water partition coefficient (Wildman–Crippen LogP) is 3.55. The summed E-state index contributed by atoms with van der Waals surface area (Å²) in [7, 11) is 0. The number of nitrogens with zero attached hydrogens (tertiary/aromatic N) is 3. The molecule has 2 heterocycles. The van der Waals surface area contributed by atoms with Crippen molar-refractivity contribution in [3.05, 3.63) is 52.2 Å². The average molecular weight is 347 g/mol. The van der Waals surface area contributed by atoms with Gasteiger partial charge in [0.1, 0.15) is 0 Å². The first kappa shape index (κ1) is 14.2. The van der Waals surface area contributed by atoms with Gasteiger partial charge in [-0.25, -0.2) is 0 Å². The second-order valence-electron chi connectivity index (χ2n) is 5.16. The SMILES string of the molecule is CC(C)c1nc(C(N)c2ccc(Br)c3cccnc23)no1. The molecule has 0 spiro atoms. The molecular weight excluding hydrogens is 332 g/mol. The van der Waals surface area contributed by atoms with Crippen LogP contribution < -0.4 is 5.73 Å². The Kier molecular flexibility index (Phi) is 3.73. The first-order valence-electron chi connectivity index (χ1n) is 6.70. The van der Waals surface area contributed by atoms with Crippen LogP contribution in [-0.2, 0) is 0 Å². The summed E-state index contributed by atoms with van der Waals surface area (Å²) in [6.07, 6.45) is 1.75. The Morgan fingerprint density at radius 3 is 2.76 bits per heavy atom. The Hall–Kier alpha value is -1.79. The molecule has 0 aliphatic heterocycles. The highest BCUT2D eigenvalue weighted by atomic mass is 79.9. The number of benzene rings is 1. The van der Waals surface area contributed by atoms with E-state index in [-0.39, 0.29) is 5.92 Å². The Balaban J connectivity index is 2.09. The van der Waals surface area contributed by atoms with Gasteiger partial charge in [-0.3, -0.25) is 4.98 Å². The zero-order chi connectivity index (χ0) is 15.0. The number of fused-ring (bicyclic) bond motifs is 1. The van der Waals surface area contributed by atoms with Gasteiger partial charge in [0.2, 0.25) is 5.89 Å². The Labute approximate surface area is 130 Å². The van der Waals surface area contributed by atoms with E-state index < -0.39 is 6.04 Å². The Bertz CT molecular complexity index is 784. The predicted molar refractivity (Wildman–Crippen MR) is 83.9 cm³/mol. The van der Waals surface area contributed by atoms with Gasteiger partial charge in [0.15, 0.2) is 5.82 Å². The van der Waals surface area contributed by atoms with Crippen molar-refractivity contribution in [3.8, 4) is 0 Å². The van der Waals surface area contributed by atoms with Crippen LogP contribution in [0.15, 0.2) is 39.5 Å². The summed E-state index contributed by atoms with van der Waals surface area (Å²) in [4.78, 5) is 8.81. The number of hydrogen-bond donors (Lipinski definition) is 1. The second-order valence-corrected chi connectivity index (χ2v) is 6.01. The third-order valence-electron chi connectivity index (χ3n) is 3.31. The summed E-state index contributed by atoms with van der Waals surface area (Å²) in [5.74, 6) is 1.25. The molecule has 2 N–H and O–H groups in total. The fraction of sp³-hybridized carbons (Fsp3) is 0.267. The van der Waals surface area contributed by atoms with Crippen LogP contribution in [0.2, 0.25) is 0 Å². The number of halogens is 1. The summed E-state index contributed by atoms with van der Waals surface area (Å²) < 4.78 is 6.22. The summed E-state index contributed by atoms with van der Waals surface area (Å²) >= 11 is 3.53. The van der Waals surface area contributed by atoms with E-state index in [1.165, 1.54) is 0 Å². The zero-order valence-corrected chi connectivity index (χ0v) is 13.3. The van der Waals surface area contributed by atoms with E-state index in [0.717, 1.165) is 20.9 Å². The molecule has 2 aromatic heterocycles. The molecule has 6 heteroatoms. The number of nitrogens with two attached hydrogens (primary N) is 1. The molecule has 0 bridgehead atoms. The molecule has 5 nitrogen and oxygen atoms in total. The monoisotopic (exact) mass is 346 g/mol. The van der Waals surface area contributed by atoms with Crippen LogP contribution in [0.5, 0.6) is 0 Å². The van der Waals surface area contributed by atoms with Gasteiger partial charge in [-0.05, 0) is 12.1 Å². The van der Waals surface area contributed by atoms with Crippen molar-refractivity contribution >= 4 is 26.8 Å². The van der Waals surface area contributed by atoms with Gasteiger partial charge in [-0.1, -0.05) is 47.1 Å². The lowest BCUT2D eigenvalue weighted by molar-refractivity contribution is 0.359. The van der Waals surface area contributed by atoms with Gasteiger partial charge in [0.25, 0.3) is 0 Å². The maximum atomic E-state index is 6.31. The lowest BCUT2D eigenvalue weighted by atomic mass is 10.0. The fourth-order valence-electron chi connectivity index (χ4n) is 2.16. The van der Waals surface area contributed by atoms with E-state index in [0.29, 0.717) is 11.7 Å². The van der Waals surface area contributed by atoms with E-state index in [1.54, 1.807) is 6.20 Å². The summed E-state index contributed by atoms with van der Waals surface area (Å²) in [6, 6.07) is 7.33. The average Bonchev–Trinajstić information content (AvgIpc) is 2.97. The first-order valence-corrected chi connectivity index (χ1v) is 7.49. The molecule has 1 aromatic carbocycles. The van der Waals surface area contributed by atoms with E-state index in [4.69, 9.17) is 10.3 Å². The smallest absolute Gasteiger partial charge is 0.229 e. The molecule has 0 saturated carbocycles. The lowest BCUT2D eigenvalue weighted by Gasteiger charge is -2.11. The largest absolute Gasteiger partial charge is 0.339 e. The van der Waals surface area contributed by atoms with Crippen molar-refractivity contribution in [3.63, 3.8) is 0 Å². The molecule has 0 fully saturated rings. The molecule has 3 aromatic rings. The van der Waals surface area contributed by atoms with Crippen molar-refractivity contribution in [1.82, 2.24) is 15.1 Å². The summed E-state index contributed by atoms with van der Waals surface area (Å²) in [5.41, 5.74) is 8.03. The van der Waals surface area contributed by atoms with Crippen molar-refractivity contribution in [1.29, 1.82) is 0 Å². The van der Waals surface area contributed by atoms with Crippen molar-refractivity contribution in [2.24, 2.45) is 5.73 Å². The number of rotatable bonds is 3. The highest BCUT2D eigenvalue weighted by molar-refractivity contribution is 9.10. The van der Waals surface area contributed by atoms with E-state index >= 15 is 0 Å². The minimum Gasteiger partial charge on any atom is -0.339 e. The third kappa shape index (κ3) is 2.56. The summed E-state index contributed by atoms with van der Waals surface area (Å²) in [5, 5.41) is 5.00. The van der Waals surface area contributed by atoms with E-state index in [1.807, 2.05) is 38.1 Å². The quantitative estimate of drug-likeness (QED) is 0.784. The first-order chi connectivity index (χ1) is 10.1. The van der Waals surface area contributed by atoms with Crippen LogP contribution in [-0.4, -0.2) is 15.1 Å². The topological polar surface area (TPSA) is 77.8 Å². The Morgan fingerprint density at radius 2 is 2.05 bits per heavy atom. The maximum Gasteiger partial charge on any atom is 0.229 e. The fourth-order valence-corrected chi connectivity index (χ4v) is 2.61. The third-order valence-corrected chi connectivity index (χ3v) is 4.00. The van der Waals surface area contributed by atoms with Crippen LogP contribution in [0.1, 0.15) is 43.1 Å². The molecule has 0 aliphatic carbocycles. The molecule has 3 rings (SSSR count). The minimum atomic E-state index is -0.466. The molecule has 0 amide bonds. The molecule has 1 unspecified atom stereocenters. The van der Waals surface area contributed by atoms with Gasteiger partial charge < -0.3 is 10.3 Å². The van der Waals surface area contributed by atoms with Crippen LogP contribution in [0, 0.1) is 0 Å². The normalized spacial score (nSPS) is 13.0. The molecule has 0 aliphatic rings. The van der Waals surface area contributed by atoms with Gasteiger partial charge in [0.05, 0.1) is 11.6 Å². The van der Waals surface area contributed by atoms with Gasteiger partial charge in [-0.2, -0.15) is 4.98 Å². The summed E-state index contributed by atoms with van der Waals surface area (Å²) in [6.45, 7) is 4.00. The second kappa shape index (κ2) is 5.54. The number of pyridine rings is 1. The van der Waals surface area contributed by atoms with Crippen LogP contribution in [0.4, 0.5) is 0 Å². The van der Waals surface area contributed by atoms with Crippen molar-refractivity contribution < 1.29 is 4.52 Å². The standard InChI is InChI=1S/C15H15BrN4O/c1-8(2)15-19-14(20-21-15)12(17)10-5-6-11(16)9-4-3-7-18-13(9)10/h3-8,12H,17H2,1-2H3. The molecule has 0 saturated heterocycles. The van der Waals surface area contributed by atoms with Crippen LogP contribution >= 0.6 is 15.9 Å². The number of hydrogen-bond acceptors (Lipinski definition) is 5. The highest BCUT2D eigenvalue weighted by Crippen LogP contribution is 2.30. The lowest BCUT2D eigenvalue weighted by Crippen LogP contribution is -2.14. The molecular formula is C15H15BrN4O. The Morgan fingerprint density at radius 1 is 1.24 bits per heavy atom. The van der Waals surface area contributed by atoms with E-state index in [2.05, 4.69) is 31.1 Å². The van der Waals surface area contributed by atoms with Gasteiger partial charge >= 0.3 is 0 Å². The minimum absolute atomic E-state index is 0.179. The highest BCUT2D eigenvalue weighted by Gasteiger charge is 2.20. The van der Waals surface area contributed by atoms with Gasteiger partial charge in [-0.15, -0.1) is 0 Å². The van der Waals surface area contributed by atoms with Crippen molar-refractivity contribution in [2.75, 3.05) is 0 Å².